The van der Waals surface area contributed by atoms with E-state index in [2.05, 4.69) is 46.9 Å². The van der Waals surface area contributed by atoms with Crippen molar-refractivity contribution < 1.29 is 9.53 Å². The molecule has 0 bridgehead atoms. The SMILES string of the molecule is C=CC(=O)N1CCN(c2ccc(-c3cc(OC)c4c(C#N)cnn4c3)cc2)CC1. The second-order valence-corrected chi connectivity index (χ2v) is 6.82. The number of hydrogen-bond donors (Lipinski definition) is 0. The number of carbonyl (C=O) groups is 1. The van der Waals surface area contributed by atoms with Crippen LogP contribution in [-0.2, 0) is 4.79 Å². The van der Waals surface area contributed by atoms with Crippen LogP contribution in [-0.4, -0.2) is 53.7 Å². The van der Waals surface area contributed by atoms with E-state index in [9.17, 15) is 10.1 Å². The Bertz CT molecular complexity index is 1100. The molecular weight excluding hydrogens is 366 g/mol. The van der Waals surface area contributed by atoms with E-state index in [-0.39, 0.29) is 5.91 Å². The lowest BCUT2D eigenvalue weighted by Crippen LogP contribution is -2.48. The number of rotatable bonds is 4. The standard InChI is InChI=1S/C22H21N5O2/c1-3-21(28)26-10-8-25(9-11-26)19-6-4-16(5-7-19)17-12-20(29-2)22-18(13-23)14-24-27(22)15-17/h3-7,12,14-15H,1,8-11H2,2H3. The number of fused-ring (bicyclic) bond motifs is 1. The third-order valence-corrected chi connectivity index (χ3v) is 5.25. The molecule has 146 valence electrons. The third-order valence-electron chi connectivity index (χ3n) is 5.25. The van der Waals surface area contributed by atoms with Crippen molar-refractivity contribution in [3.63, 3.8) is 0 Å². The molecule has 0 N–H and O–H groups in total. The van der Waals surface area contributed by atoms with Gasteiger partial charge in [-0.25, -0.2) is 4.52 Å². The van der Waals surface area contributed by atoms with E-state index in [0.29, 0.717) is 29.9 Å². The Morgan fingerprint density at radius 1 is 1.21 bits per heavy atom. The van der Waals surface area contributed by atoms with E-state index in [1.165, 1.54) is 6.08 Å². The molecule has 0 atom stereocenters. The molecule has 3 aromatic rings. The van der Waals surface area contributed by atoms with Crippen LogP contribution in [0.1, 0.15) is 5.56 Å². The van der Waals surface area contributed by atoms with Gasteiger partial charge in [0.2, 0.25) is 5.91 Å². The first-order chi connectivity index (χ1) is 14.1. The molecule has 1 aliphatic rings. The number of nitriles is 1. The number of ether oxygens (including phenoxy) is 1. The molecule has 3 heterocycles. The Morgan fingerprint density at radius 2 is 1.93 bits per heavy atom. The van der Waals surface area contributed by atoms with Crippen molar-refractivity contribution in [1.82, 2.24) is 14.5 Å². The van der Waals surface area contributed by atoms with Crippen LogP contribution in [0.4, 0.5) is 5.69 Å². The van der Waals surface area contributed by atoms with Gasteiger partial charge in [-0.15, -0.1) is 0 Å². The normalized spacial score (nSPS) is 13.9. The number of amides is 1. The Morgan fingerprint density at radius 3 is 2.55 bits per heavy atom. The van der Waals surface area contributed by atoms with Gasteiger partial charge in [0.15, 0.2) is 0 Å². The molecule has 1 saturated heterocycles. The summed E-state index contributed by atoms with van der Waals surface area (Å²) in [6.07, 6.45) is 4.81. The zero-order valence-corrected chi connectivity index (χ0v) is 16.2. The quantitative estimate of drug-likeness (QED) is 0.644. The average molecular weight is 387 g/mol. The summed E-state index contributed by atoms with van der Waals surface area (Å²) in [6, 6.07) is 12.4. The van der Waals surface area contributed by atoms with Gasteiger partial charge in [-0.2, -0.15) is 10.4 Å². The van der Waals surface area contributed by atoms with E-state index >= 15 is 0 Å². The van der Waals surface area contributed by atoms with Crippen molar-refractivity contribution in [3.05, 3.63) is 60.9 Å². The van der Waals surface area contributed by atoms with Gasteiger partial charge >= 0.3 is 0 Å². The first kappa shape index (κ1) is 18.6. The van der Waals surface area contributed by atoms with Gasteiger partial charge in [0.05, 0.1) is 13.3 Å². The summed E-state index contributed by atoms with van der Waals surface area (Å²) in [5, 5.41) is 13.5. The van der Waals surface area contributed by atoms with Crippen molar-refractivity contribution in [2.45, 2.75) is 0 Å². The fourth-order valence-electron chi connectivity index (χ4n) is 3.66. The van der Waals surface area contributed by atoms with Crippen molar-refractivity contribution in [2.24, 2.45) is 0 Å². The average Bonchev–Trinajstić information content (AvgIpc) is 3.21. The molecule has 1 fully saturated rings. The van der Waals surface area contributed by atoms with Crippen molar-refractivity contribution in [2.75, 3.05) is 38.2 Å². The van der Waals surface area contributed by atoms with E-state index < -0.39 is 0 Å². The molecule has 7 heteroatoms. The van der Waals surface area contributed by atoms with Crippen LogP contribution in [0.2, 0.25) is 0 Å². The first-order valence-corrected chi connectivity index (χ1v) is 9.37. The highest BCUT2D eigenvalue weighted by Crippen LogP contribution is 2.30. The Labute approximate surface area is 169 Å². The fourth-order valence-corrected chi connectivity index (χ4v) is 3.66. The molecule has 7 nitrogen and oxygen atoms in total. The van der Waals surface area contributed by atoms with Gasteiger partial charge in [0.25, 0.3) is 0 Å². The van der Waals surface area contributed by atoms with E-state index in [1.54, 1.807) is 17.8 Å². The number of methoxy groups -OCH3 is 1. The first-order valence-electron chi connectivity index (χ1n) is 9.37. The highest BCUT2D eigenvalue weighted by molar-refractivity contribution is 5.87. The fraction of sp³-hybridized carbons (Fsp3) is 0.227. The Kier molecular flexibility index (Phi) is 4.92. The minimum atomic E-state index is -0.0116. The van der Waals surface area contributed by atoms with Gasteiger partial charge in [-0.1, -0.05) is 18.7 Å². The van der Waals surface area contributed by atoms with E-state index in [4.69, 9.17) is 4.74 Å². The Balaban J connectivity index is 1.56. The summed E-state index contributed by atoms with van der Waals surface area (Å²) < 4.78 is 7.17. The molecule has 29 heavy (non-hydrogen) atoms. The number of aromatic nitrogens is 2. The predicted octanol–water partition coefficient (Wildman–Crippen LogP) is 2.72. The highest BCUT2D eigenvalue weighted by Gasteiger charge is 2.19. The van der Waals surface area contributed by atoms with Gasteiger partial charge in [0, 0.05) is 43.6 Å². The van der Waals surface area contributed by atoms with Crippen LogP contribution in [0, 0.1) is 11.3 Å². The molecule has 0 saturated carbocycles. The maximum atomic E-state index is 11.7. The number of carbonyl (C=O) groups excluding carboxylic acids is 1. The van der Waals surface area contributed by atoms with Gasteiger partial charge in [0.1, 0.15) is 22.9 Å². The smallest absolute Gasteiger partial charge is 0.246 e. The number of benzene rings is 1. The summed E-state index contributed by atoms with van der Waals surface area (Å²) >= 11 is 0. The van der Waals surface area contributed by atoms with Gasteiger partial charge in [-0.05, 0) is 29.8 Å². The lowest BCUT2D eigenvalue weighted by Gasteiger charge is -2.35. The molecule has 0 spiro atoms. The number of piperazine rings is 1. The molecule has 4 rings (SSSR count). The van der Waals surface area contributed by atoms with Crippen LogP contribution in [0.15, 0.2) is 55.4 Å². The number of nitrogens with zero attached hydrogens (tertiary/aromatic N) is 5. The van der Waals surface area contributed by atoms with Crippen LogP contribution >= 0.6 is 0 Å². The minimum Gasteiger partial charge on any atom is -0.494 e. The van der Waals surface area contributed by atoms with Crippen molar-refractivity contribution in [1.29, 1.82) is 5.26 Å². The number of pyridine rings is 1. The molecule has 1 aliphatic heterocycles. The maximum Gasteiger partial charge on any atom is 0.246 e. The van der Waals surface area contributed by atoms with Crippen LogP contribution in [0.25, 0.3) is 16.6 Å². The molecule has 1 amide bonds. The molecular formula is C22H21N5O2. The summed E-state index contributed by atoms with van der Waals surface area (Å²) in [6.45, 7) is 6.53. The highest BCUT2D eigenvalue weighted by atomic mass is 16.5. The van der Waals surface area contributed by atoms with Crippen LogP contribution in [0.5, 0.6) is 5.75 Å². The lowest BCUT2D eigenvalue weighted by atomic mass is 10.1. The van der Waals surface area contributed by atoms with E-state index in [0.717, 1.165) is 29.9 Å². The zero-order chi connectivity index (χ0) is 20.4. The van der Waals surface area contributed by atoms with Gasteiger partial charge in [-0.3, -0.25) is 4.79 Å². The topological polar surface area (TPSA) is 73.9 Å². The molecule has 1 aromatic carbocycles. The van der Waals surface area contributed by atoms with Crippen molar-refractivity contribution in [3.8, 4) is 22.9 Å². The predicted molar refractivity (Wildman–Crippen MR) is 111 cm³/mol. The number of anilines is 1. The second-order valence-electron chi connectivity index (χ2n) is 6.82. The second kappa shape index (κ2) is 7.68. The molecule has 0 aliphatic carbocycles. The van der Waals surface area contributed by atoms with Crippen molar-refractivity contribution >= 4 is 17.1 Å². The summed E-state index contributed by atoms with van der Waals surface area (Å²) in [5.74, 6) is 0.603. The van der Waals surface area contributed by atoms with Crippen LogP contribution in [0.3, 0.4) is 0 Å². The minimum absolute atomic E-state index is 0.0116. The van der Waals surface area contributed by atoms with Crippen LogP contribution < -0.4 is 9.64 Å². The monoisotopic (exact) mass is 387 g/mol. The van der Waals surface area contributed by atoms with E-state index in [1.807, 2.05) is 17.2 Å². The molecule has 0 unspecified atom stereocenters. The molecule has 0 radical (unpaired) electrons. The summed E-state index contributed by atoms with van der Waals surface area (Å²) in [7, 11) is 1.59. The summed E-state index contributed by atoms with van der Waals surface area (Å²) in [4.78, 5) is 15.8. The lowest BCUT2D eigenvalue weighted by molar-refractivity contribution is -0.126. The molecule has 2 aromatic heterocycles. The summed E-state index contributed by atoms with van der Waals surface area (Å²) in [5.41, 5.74) is 4.26. The number of hydrogen-bond acceptors (Lipinski definition) is 5. The zero-order valence-electron chi connectivity index (χ0n) is 16.2. The third kappa shape index (κ3) is 3.41. The Hall–Kier alpha value is -3.79. The van der Waals surface area contributed by atoms with Gasteiger partial charge < -0.3 is 14.5 Å². The maximum absolute atomic E-state index is 11.7. The largest absolute Gasteiger partial charge is 0.494 e.